The van der Waals surface area contributed by atoms with Crippen molar-refractivity contribution >= 4 is 11.3 Å². The monoisotopic (exact) mass is 288 g/mol. The van der Waals surface area contributed by atoms with E-state index in [1.165, 1.54) is 41.4 Å². The van der Waals surface area contributed by atoms with Gasteiger partial charge in [0.05, 0.1) is 5.01 Å². The van der Waals surface area contributed by atoms with Gasteiger partial charge in [0.25, 0.3) is 0 Å². The topological polar surface area (TPSA) is 42.7 Å². The molecule has 4 nitrogen and oxygen atoms in total. The van der Waals surface area contributed by atoms with Crippen molar-refractivity contribution < 1.29 is 0 Å². The van der Waals surface area contributed by atoms with E-state index in [-0.39, 0.29) is 0 Å². The number of rotatable bonds is 4. The maximum atomic E-state index is 4.59. The maximum absolute atomic E-state index is 4.59. The van der Waals surface area contributed by atoms with E-state index in [1.807, 2.05) is 17.5 Å². The molecule has 1 unspecified atom stereocenters. The summed E-state index contributed by atoms with van der Waals surface area (Å²) in [4.78, 5) is 10.4. The average Bonchev–Trinajstić information content (AvgIpc) is 3.02. The minimum Gasteiger partial charge on any atom is -0.335 e. The Morgan fingerprint density at radius 3 is 3.10 bits per heavy atom. The molecule has 2 aliphatic rings. The second kappa shape index (κ2) is 5.30. The maximum Gasteiger partial charge on any atom is 0.110 e. The van der Waals surface area contributed by atoms with Crippen LogP contribution in [-0.4, -0.2) is 20.6 Å². The van der Waals surface area contributed by atoms with Gasteiger partial charge in [-0.15, -0.1) is 11.3 Å². The predicted molar refractivity (Wildman–Crippen MR) is 79.9 cm³/mol. The minimum atomic E-state index is 0.555. The van der Waals surface area contributed by atoms with Crippen LogP contribution in [0.2, 0.25) is 0 Å². The van der Waals surface area contributed by atoms with Crippen LogP contribution in [0.1, 0.15) is 47.3 Å². The van der Waals surface area contributed by atoms with Crippen LogP contribution >= 0.6 is 11.3 Å². The third kappa shape index (κ3) is 2.40. The van der Waals surface area contributed by atoms with Crippen molar-refractivity contribution in [2.45, 2.75) is 57.2 Å². The van der Waals surface area contributed by atoms with Gasteiger partial charge in [0.2, 0.25) is 0 Å². The molecule has 0 aromatic carbocycles. The Bertz CT molecular complexity index is 584. The van der Waals surface area contributed by atoms with Gasteiger partial charge in [-0.3, -0.25) is 0 Å². The quantitative estimate of drug-likeness (QED) is 0.940. The third-order valence-corrected chi connectivity index (χ3v) is 5.70. The summed E-state index contributed by atoms with van der Waals surface area (Å²) >= 11 is 1.90. The second-order valence-corrected chi connectivity index (χ2v) is 7.05. The molecule has 1 atom stereocenters. The van der Waals surface area contributed by atoms with E-state index in [0.29, 0.717) is 6.04 Å². The van der Waals surface area contributed by atoms with E-state index >= 15 is 0 Å². The summed E-state index contributed by atoms with van der Waals surface area (Å²) in [5.74, 6) is 1.98. The lowest BCUT2D eigenvalue weighted by Crippen LogP contribution is -2.35. The standard InChI is InChI=1S/C15H20N4S/c1-2-11(3-1)15-18-10-13(20-15)9-17-12-4-6-19-7-5-16-14(19)8-12/h5,7,10-12,17H,1-4,6,8-9H2. The van der Waals surface area contributed by atoms with Crippen molar-refractivity contribution in [2.24, 2.45) is 0 Å². The number of imidazole rings is 1. The Labute approximate surface area is 123 Å². The fourth-order valence-corrected chi connectivity index (χ4v) is 4.06. The van der Waals surface area contributed by atoms with Crippen LogP contribution in [0.5, 0.6) is 0 Å². The Kier molecular flexibility index (Phi) is 3.32. The number of nitrogens with zero attached hydrogens (tertiary/aromatic N) is 3. The molecule has 2 aromatic heterocycles. The summed E-state index contributed by atoms with van der Waals surface area (Å²) < 4.78 is 2.26. The molecule has 0 amide bonds. The van der Waals surface area contributed by atoms with Gasteiger partial charge in [-0.25, -0.2) is 9.97 Å². The summed E-state index contributed by atoms with van der Waals surface area (Å²) in [5, 5.41) is 5.03. The van der Waals surface area contributed by atoms with Crippen molar-refractivity contribution in [2.75, 3.05) is 0 Å². The molecular weight excluding hydrogens is 268 g/mol. The van der Waals surface area contributed by atoms with Crippen LogP contribution in [-0.2, 0) is 19.5 Å². The first-order chi connectivity index (χ1) is 9.88. The van der Waals surface area contributed by atoms with Crippen LogP contribution in [0.3, 0.4) is 0 Å². The number of nitrogens with one attached hydrogen (secondary N) is 1. The fraction of sp³-hybridized carbons (Fsp3) is 0.600. The first kappa shape index (κ1) is 12.5. The first-order valence-electron chi connectivity index (χ1n) is 7.56. The predicted octanol–water partition coefficient (Wildman–Crippen LogP) is 2.71. The molecule has 0 bridgehead atoms. The molecule has 106 valence electrons. The average molecular weight is 288 g/mol. The second-order valence-electron chi connectivity index (χ2n) is 5.90. The summed E-state index contributed by atoms with van der Waals surface area (Å²) in [7, 11) is 0. The van der Waals surface area contributed by atoms with Crippen molar-refractivity contribution in [1.82, 2.24) is 19.9 Å². The van der Waals surface area contributed by atoms with Gasteiger partial charge in [0.15, 0.2) is 0 Å². The molecule has 3 heterocycles. The molecule has 5 heteroatoms. The molecular formula is C15H20N4S. The van der Waals surface area contributed by atoms with E-state index in [4.69, 9.17) is 0 Å². The lowest BCUT2D eigenvalue weighted by molar-refractivity contribution is 0.393. The number of aromatic nitrogens is 3. The molecule has 2 aromatic rings. The minimum absolute atomic E-state index is 0.555. The van der Waals surface area contributed by atoms with Gasteiger partial charge < -0.3 is 9.88 Å². The van der Waals surface area contributed by atoms with Crippen LogP contribution in [0.15, 0.2) is 18.6 Å². The van der Waals surface area contributed by atoms with E-state index in [1.54, 1.807) is 0 Å². The van der Waals surface area contributed by atoms with Gasteiger partial charge in [-0.1, -0.05) is 6.42 Å². The Balaban J connectivity index is 1.33. The van der Waals surface area contributed by atoms with Gasteiger partial charge in [-0.05, 0) is 19.3 Å². The lowest BCUT2D eigenvalue weighted by atomic mass is 9.86. The highest BCUT2D eigenvalue weighted by molar-refractivity contribution is 7.11. The molecule has 1 fully saturated rings. The molecule has 20 heavy (non-hydrogen) atoms. The summed E-state index contributed by atoms with van der Waals surface area (Å²) in [6.45, 7) is 2.04. The number of hydrogen-bond acceptors (Lipinski definition) is 4. The number of hydrogen-bond donors (Lipinski definition) is 1. The highest BCUT2D eigenvalue weighted by atomic mass is 32.1. The molecule has 1 saturated carbocycles. The van der Waals surface area contributed by atoms with Crippen molar-refractivity contribution in [3.63, 3.8) is 0 Å². The summed E-state index contributed by atoms with van der Waals surface area (Å²) in [6.07, 6.45) is 12.4. The van der Waals surface area contributed by atoms with Crippen LogP contribution in [0, 0.1) is 0 Å². The van der Waals surface area contributed by atoms with Crippen LogP contribution < -0.4 is 5.32 Å². The SMILES string of the molecule is c1cn2c(n1)CC(NCc1cnc(C3CCC3)s1)CC2. The van der Waals surface area contributed by atoms with E-state index in [2.05, 4.69) is 32.2 Å². The highest BCUT2D eigenvalue weighted by Crippen LogP contribution is 2.38. The molecule has 1 aliphatic carbocycles. The lowest BCUT2D eigenvalue weighted by Gasteiger charge is -2.24. The molecule has 0 radical (unpaired) electrons. The zero-order valence-corrected chi connectivity index (χ0v) is 12.4. The zero-order chi connectivity index (χ0) is 13.4. The molecule has 1 aliphatic heterocycles. The Morgan fingerprint density at radius 2 is 2.25 bits per heavy atom. The van der Waals surface area contributed by atoms with Crippen molar-refractivity contribution in [3.05, 3.63) is 34.3 Å². The van der Waals surface area contributed by atoms with Crippen molar-refractivity contribution in [3.8, 4) is 0 Å². The molecule has 1 N–H and O–H groups in total. The number of fused-ring (bicyclic) bond motifs is 1. The van der Waals surface area contributed by atoms with E-state index < -0.39 is 0 Å². The number of aryl methyl sites for hydroxylation is 1. The van der Waals surface area contributed by atoms with E-state index in [9.17, 15) is 0 Å². The van der Waals surface area contributed by atoms with Gasteiger partial charge in [0, 0.05) is 54.9 Å². The van der Waals surface area contributed by atoms with Crippen LogP contribution in [0.25, 0.3) is 0 Å². The molecule has 4 rings (SSSR count). The summed E-state index contributed by atoms with van der Waals surface area (Å²) in [6, 6.07) is 0.555. The van der Waals surface area contributed by atoms with Crippen LogP contribution in [0.4, 0.5) is 0 Å². The Hall–Kier alpha value is -1.20. The van der Waals surface area contributed by atoms with Crippen molar-refractivity contribution in [1.29, 1.82) is 0 Å². The van der Waals surface area contributed by atoms with Gasteiger partial charge in [0.1, 0.15) is 5.82 Å². The smallest absolute Gasteiger partial charge is 0.110 e. The first-order valence-corrected chi connectivity index (χ1v) is 8.38. The fourth-order valence-electron chi connectivity index (χ4n) is 3.02. The van der Waals surface area contributed by atoms with Gasteiger partial charge in [-0.2, -0.15) is 0 Å². The largest absolute Gasteiger partial charge is 0.335 e. The Morgan fingerprint density at radius 1 is 1.30 bits per heavy atom. The normalized spacial score (nSPS) is 22.5. The van der Waals surface area contributed by atoms with Gasteiger partial charge >= 0.3 is 0 Å². The van der Waals surface area contributed by atoms with E-state index in [0.717, 1.165) is 25.4 Å². The zero-order valence-electron chi connectivity index (χ0n) is 11.6. The third-order valence-electron chi connectivity index (χ3n) is 4.54. The number of thiazole rings is 1. The molecule has 0 spiro atoms. The highest BCUT2D eigenvalue weighted by Gasteiger charge is 2.23. The summed E-state index contributed by atoms with van der Waals surface area (Å²) in [5.41, 5.74) is 0. The molecule has 0 saturated heterocycles.